The third kappa shape index (κ3) is 2.11. The van der Waals surface area contributed by atoms with Crippen molar-refractivity contribution < 1.29 is 8.42 Å². The molecule has 5 nitrogen and oxygen atoms in total. The number of sulfone groups is 1. The molecule has 0 saturated carbocycles. The van der Waals surface area contributed by atoms with Gasteiger partial charge in [-0.1, -0.05) is 0 Å². The average Bonchev–Trinajstić information content (AvgIpc) is 2.23. The van der Waals surface area contributed by atoms with E-state index < -0.39 is 9.84 Å². The molecule has 1 aromatic heterocycles. The molecule has 2 N–H and O–H groups in total. The van der Waals surface area contributed by atoms with E-state index in [2.05, 4.69) is 4.98 Å². The highest BCUT2D eigenvalue weighted by Gasteiger charge is 2.23. The van der Waals surface area contributed by atoms with E-state index in [9.17, 15) is 8.42 Å². The van der Waals surface area contributed by atoms with Gasteiger partial charge in [0.1, 0.15) is 0 Å². The third-order valence-electron chi connectivity index (χ3n) is 2.83. The molecule has 0 unspecified atom stereocenters. The number of aryl methyl sites for hydroxylation is 1. The summed E-state index contributed by atoms with van der Waals surface area (Å²) in [6, 6.07) is 1.85. The molecule has 0 atom stereocenters. The lowest BCUT2D eigenvalue weighted by Crippen LogP contribution is -2.41. The number of pyridine rings is 1. The van der Waals surface area contributed by atoms with Gasteiger partial charge in [0.25, 0.3) is 0 Å². The van der Waals surface area contributed by atoms with Crippen LogP contribution in [0.1, 0.15) is 5.56 Å². The maximum atomic E-state index is 11.3. The minimum atomic E-state index is -2.86. The van der Waals surface area contributed by atoms with Gasteiger partial charge in [0, 0.05) is 19.3 Å². The summed E-state index contributed by atoms with van der Waals surface area (Å²) in [5.74, 6) is 1.07. The smallest absolute Gasteiger partial charge is 0.153 e. The fourth-order valence-corrected chi connectivity index (χ4v) is 2.93. The van der Waals surface area contributed by atoms with Gasteiger partial charge in [-0.05, 0) is 18.6 Å². The minimum absolute atomic E-state index is 0.183. The monoisotopic (exact) mass is 241 g/mol. The zero-order chi connectivity index (χ0) is 11.8. The minimum Gasteiger partial charge on any atom is -0.396 e. The van der Waals surface area contributed by atoms with Crippen LogP contribution in [0.2, 0.25) is 0 Å². The summed E-state index contributed by atoms with van der Waals surface area (Å²) in [4.78, 5) is 6.15. The first kappa shape index (κ1) is 11.2. The molecule has 6 heteroatoms. The van der Waals surface area contributed by atoms with E-state index in [0.29, 0.717) is 24.6 Å². The molecule has 1 saturated heterocycles. The Bertz CT molecular complexity index is 485. The van der Waals surface area contributed by atoms with E-state index >= 15 is 0 Å². The summed E-state index contributed by atoms with van der Waals surface area (Å²) in [5, 5.41) is 0. The van der Waals surface area contributed by atoms with Crippen molar-refractivity contribution in [3.63, 3.8) is 0 Å². The van der Waals surface area contributed by atoms with Gasteiger partial charge >= 0.3 is 0 Å². The van der Waals surface area contributed by atoms with Crippen molar-refractivity contribution in [3.05, 3.63) is 17.8 Å². The predicted octanol–water partition coefficient (Wildman–Crippen LogP) is 0.207. The highest BCUT2D eigenvalue weighted by Crippen LogP contribution is 2.24. The van der Waals surface area contributed by atoms with Crippen LogP contribution < -0.4 is 10.6 Å². The molecule has 2 heterocycles. The van der Waals surface area contributed by atoms with Gasteiger partial charge in [-0.25, -0.2) is 13.4 Å². The van der Waals surface area contributed by atoms with Crippen LogP contribution >= 0.6 is 0 Å². The van der Waals surface area contributed by atoms with Crippen LogP contribution in [0.3, 0.4) is 0 Å². The molecule has 1 aromatic rings. The van der Waals surface area contributed by atoms with E-state index in [1.165, 1.54) is 0 Å². The quantitative estimate of drug-likeness (QED) is 0.760. The maximum Gasteiger partial charge on any atom is 0.153 e. The standard InChI is InChI=1S/C10H15N3O2S/c1-8-2-3-12-10(9(8)11)13-4-6-16(14,15)7-5-13/h2-3H,4-7,11H2,1H3. The predicted molar refractivity (Wildman–Crippen MR) is 64.3 cm³/mol. The molecule has 16 heavy (non-hydrogen) atoms. The highest BCUT2D eigenvalue weighted by atomic mass is 32.2. The van der Waals surface area contributed by atoms with E-state index in [1.54, 1.807) is 6.20 Å². The number of nitrogen functional groups attached to an aromatic ring is 1. The van der Waals surface area contributed by atoms with Crippen molar-refractivity contribution in [2.24, 2.45) is 0 Å². The van der Waals surface area contributed by atoms with Gasteiger partial charge in [-0.2, -0.15) is 0 Å². The summed E-state index contributed by atoms with van der Waals surface area (Å²) in [5.41, 5.74) is 7.54. The maximum absolute atomic E-state index is 11.3. The highest BCUT2D eigenvalue weighted by molar-refractivity contribution is 7.91. The molecular formula is C10H15N3O2S. The number of nitrogens with two attached hydrogens (primary N) is 1. The Hall–Kier alpha value is -1.30. The van der Waals surface area contributed by atoms with Gasteiger partial charge in [0.15, 0.2) is 15.7 Å². The summed E-state index contributed by atoms with van der Waals surface area (Å²) in [7, 11) is -2.86. The number of rotatable bonds is 1. The van der Waals surface area contributed by atoms with Crippen molar-refractivity contribution >= 4 is 21.3 Å². The van der Waals surface area contributed by atoms with Crippen molar-refractivity contribution in [1.29, 1.82) is 0 Å². The van der Waals surface area contributed by atoms with E-state index in [-0.39, 0.29) is 11.5 Å². The fourth-order valence-electron chi connectivity index (χ4n) is 1.73. The second kappa shape index (κ2) is 3.93. The molecule has 1 aliphatic rings. The Labute approximate surface area is 95.2 Å². The topological polar surface area (TPSA) is 76.3 Å². The first-order valence-corrected chi connectivity index (χ1v) is 6.98. The van der Waals surface area contributed by atoms with Crippen LogP contribution in [0.25, 0.3) is 0 Å². The number of aromatic nitrogens is 1. The first-order valence-electron chi connectivity index (χ1n) is 5.16. The van der Waals surface area contributed by atoms with Crippen LogP contribution in [-0.2, 0) is 9.84 Å². The summed E-state index contributed by atoms with van der Waals surface area (Å²) in [6.45, 7) is 2.87. The van der Waals surface area contributed by atoms with Crippen molar-refractivity contribution in [2.45, 2.75) is 6.92 Å². The van der Waals surface area contributed by atoms with Gasteiger partial charge in [-0.3, -0.25) is 0 Å². The molecular weight excluding hydrogens is 226 g/mol. The second-order valence-electron chi connectivity index (χ2n) is 4.00. The molecule has 0 aliphatic carbocycles. The zero-order valence-corrected chi connectivity index (χ0v) is 10.00. The molecule has 0 aromatic carbocycles. The van der Waals surface area contributed by atoms with Crippen LogP contribution in [0, 0.1) is 6.92 Å². The Morgan fingerprint density at radius 2 is 2.00 bits per heavy atom. The third-order valence-corrected chi connectivity index (χ3v) is 4.44. The largest absolute Gasteiger partial charge is 0.396 e. The van der Waals surface area contributed by atoms with Gasteiger partial charge in [0.05, 0.1) is 17.2 Å². The van der Waals surface area contributed by atoms with Crippen molar-refractivity contribution in [2.75, 3.05) is 35.2 Å². The first-order chi connectivity index (χ1) is 7.49. The number of hydrogen-bond acceptors (Lipinski definition) is 5. The number of nitrogens with zero attached hydrogens (tertiary/aromatic N) is 2. The average molecular weight is 241 g/mol. The van der Waals surface area contributed by atoms with Crippen molar-refractivity contribution in [1.82, 2.24) is 4.98 Å². The number of anilines is 2. The SMILES string of the molecule is Cc1ccnc(N2CCS(=O)(=O)CC2)c1N. The zero-order valence-electron chi connectivity index (χ0n) is 9.18. The van der Waals surface area contributed by atoms with E-state index in [0.717, 1.165) is 5.56 Å². The van der Waals surface area contributed by atoms with Crippen LogP contribution in [0.4, 0.5) is 11.5 Å². The Morgan fingerprint density at radius 3 is 2.62 bits per heavy atom. The normalized spacial score (nSPS) is 19.7. The van der Waals surface area contributed by atoms with Crippen molar-refractivity contribution in [3.8, 4) is 0 Å². The lowest BCUT2D eigenvalue weighted by atomic mass is 10.2. The van der Waals surface area contributed by atoms with Gasteiger partial charge < -0.3 is 10.6 Å². The van der Waals surface area contributed by atoms with Gasteiger partial charge in [0.2, 0.25) is 0 Å². The van der Waals surface area contributed by atoms with Crippen LogP contribution in [0.5, 0.6) is 0 Å². The summed E-state index contributed by atoms with van der Waals surface area (Å²) in [6.07, 6.45) is 1.70. The molecule has 0 radical (unpaired) electrons. The Balaban J connectivity index is 2.24. The molecule has 0 bridgehead atoms. The molecule has 2 rings (SSSR count). The van der Waals surface area contributed by atoms with Crippen LogP contribution in [0.15, 0.2) is 12.3 Å². The number of hydrogen-bond donors (Lipinski definition) is 1. The van der Waals surface area contributed by atoms with Gasteiger partial charge in [-0.15, -0.1) is 0 Å². The fraction of sp³-hybridized carbons (Fsp3) is 0.500. The Kier molecular flexibility index (Phi) is 2.75. The Morgan fingerprint density at radius 1 is 1.38 bits per heavy atom. The van der Waals surface area contributed by atoms with E-state index in [1.807, 2.05) is 17.9 Å². The lowest BCUT2D eigenvalue weighted by molar-refractivity contribution is 0.586. The molecule has 1 fully saturated rings. The van der Waals surface area contributed by atoms with E-state index in [4.69, 9.17) is 5.73 Å². The summed E-state index contributed by atoms with van der Waals surface area (Å²) < 4.78 is 22.6. The molecule has 1 aliphatic heterocycles. The molecule has 0 spiro atoms. The summed E-state index contributed by atoms with van der Waals surface area (Å²) >= 11 is 0. The second-order valence-corrected chi connectivity index (χ2v) is 6.31. The molecule has 88 valence electrons. The van der Waals surface area contributed by atoms with Crippen LogP contribution in [-0.4, -0.2) is 38.0 Å². The lowest BCUT2D eigenvalue weighted by Gasteiger charge is -2.28. The molecule has 0 amide bonds.